The third-order valence-electron chi connectivity index (χ3n) is 3.22. The van der Waals surface area contributed by atoms with Crippen molar-refractivity contribution in [3.63, 3.8) is 0 Å². The van der Waals surface area contributed by atoms with E-state index in [0.29, 0.717) is 18.8 Å². The molecular formula is C15H17N5O2. The van der Waals surface area contributed by atoms with Gasteiger partial charge in [-0.2, -0.15) is 14.6 Å². The van der Waals surface area contributed by atoms with Gasteiger partial charge in [0.05, 0.1) is 12.3 Å². The fourth-order valence-corrected chi connectivity index (χ4v) is 2.20. The fraction of sp³-hybridized carbons (Fsp3) is 0.267. The van der Waals surface area contributed by atoms with Gasteiger partial charge in [-0.15, -0.1) is 0 Å². The van der Waals surface area contributed by atoms with E-state index in [1.807, 2.05) is 30.3 Å². The number of fused-ring (bicyclic) bond motifs is 1. The lowest BCUT2D eigenvalue weighted by atomic mass is 10.1. The zero-order chi connectivity index (χ0) is 15.4. The van der Waals surface area contributed by atoms with Crippen LogP contribution in [0.1, 0.15) is 11.3 Å². The van der Waals surface area contributed by atoms with Crippen molar-refractivity contribution in [2.75, 3.05) is 19.0 Å². The number of nitrogens with one attached hydrogen (secondary N) is 1. The Morgan fingerprint density at radius 2 is 2.09 bits per heavy atom. The Bertz CT molecular complexity index is 754. The third kappa shape index (κ3) is 3.05. The Hall–Kier alpha value is -2.51. The van der Waals surface area contributed by atoms with Gasteiger partial charge in [-0.25, -0.2) is 4.98 Å². The number of ether oxygens (including phenoxy) is 1. The molecule has 0 spiro atoms. The average molecular weight is 299 g/mol. The number of hydrogen-bond donors (Lipinski definition) is 2. The van der Waals surface area contributed by atoms with Crippen LogP contribution >= 0.6 is 0 Å². The Kier molecular flexibility index (Phi) is 4.27. The number of aliphatic hydroxyl groups excluding tert-OH is 1. The van der Waals surface area contributed by atoms with Crippen molar-refractivity contribution in [1.82, 2.24) is 19.6 Å². The van der Waals surface area contributed by atoms with E-state index in [-0.39, 0.29) is 6.61 Å². The van der Waals surface area contributed by atoms with Crippen molar-refractivity contribution in [3.8, 4) is 0 Å². The van der Waals surface area contributed by atoms with Crippen molar-refractivity contribution in [1.29, 1.82) is 0 Å². The monoisotopic (exact) mass is 299 g/mol. The Balaban J connectivity index is 1.90. The van der Waals surface area contributed by atoms with Crippen molar-refractivity contribution in [2.45, 2.75) is 13.0 Å². The van der Waals surface area contributed by atoms with E-state index in [1.54, 1.807) is 11.6 Å². The largest absolute Gasteiger partial charge is 0.396 e. The average Bonchev–Trinajstić information content (AvgIpc) is 2.98. The molecule has 3 aromatic rings. The Morgan fingerprint density at radius 3 is 2.82 bits per heavy atom. The second-order valence-corrected chi connectivity index (χ2v) is 4.83. The lowest BCUT2D eigenvalue weighted by molar-refractivity contribution is 0.181. The highest BCUT2D eigenvalue weighted by Gasteiger charge is 2.08. The molecule has 0 atom stereocenters. The molecule has 0 fully saturated rings. The molecule has 114 valence electrons. The molecule has 0 amide bonds. The first-order valence-electron chi connectivity index (χ1n) is 6.95. The van der Waals surface area contributed by atoms with E-state index in [2.05, 4.69) is 20.4 Å². The van der Waals surface area contributed by atoms with E-state index >= 15 is 0 Å². The molecule has 0 aliphatic carbocycles. The molecule has 2 heterocycles. The molecule has 2 N–H and O–H groups in total. The van der Waals surface area contributed by atoms with Gasteiger partial charge in [0.2, 0.25) is 0 Å². The highest BCUT2D eigenvalue weighted by molar-refractivity contribution is 5.59. The summed E-state index contributed by atoms with van der Waals surface area (Å²) in [4.78, 5) is 8.48. The van der Waals surface area contributed by atoms with Crippen molar-refractivity contribution >= 4 is 17.3 Å². The van der Waals surface area contributed by atoms with Crippen LogP contribution in [0.4, 0.5) is 11.5 Å². The maximum Gasteiger partial charge on any atom is 0.254 e. The number of hydrogen-bond acceptors (Lipinski definition) is 6. The van der Waals surface area contributed by atoms with Gasteiger partial charge in [0, 0.05) is 25.5 Å². The van der Waals surface area contributed by atoms with Gasteiger partial charge in [-0.05, 0) is 24.1 Å². The zero-order valence-electron chi connectivity index (χ0n) is 12.2. The molecule has 22 heavy (non-hydrogen) atoms. The van der Waals surface area contributed by atoms with Crippen molar-refractivity contribution in [2.24, 2.45) is 0 Å². The fourth-order valence-electron chi connectivity index (χ4n) is 2.20. The molecule has 0 radical (unpaired) electrons. The maximum atomic E-state index is 8.95. The number of aromatic nitrogens is 4. The summed E-state index contributed by atoms with van der Waals surface area (Å²) in [6, 6.07) is 9.77. The molecule has 0 bridgehead atoms. The van der Waals surface area contributed by atoms with Gasteiger partial charge < -0.3 is 15.2 Å². The van der Waals surface area contributed by atoms with Crippen molar-refractivity contribution < 1.29 is 9.84 Å². The van der Waals surface area contributed by atoms with Gasteiger partial charge in [-0.3, -0.25) is 0 Å². The van der Waals surface area contributed by atoms with Crippen LogP contribution in [0.5, 0.6) is 0 Å². The van der Waals surface area contributed by atoms with Gasteiger partial charge in [-0.1, -0.05) is 12.1 Å². The Morgan fingerprint density at radius 1 is 1.27 bits per heavy atom. The summed E-state index contributed by atoms with van der Waals surface area (Å²) >= 11 is 0. The predicted octanol–water partition coefficient (Wildman–Crippen LogP) is 1.55. The highest BCUT2D eigenvalue weighted by atomic mass is 16.5. The van der Waals surface area contributed by atoms with Crippen LogP contribution in [0.25, 0.3) is 5.78 Å². The van der Waals surface area contributed by atoms with E-state index in [4.69, 9.17) is 9.84 Å². The second-order valence-electron chi connectivity index (χ2n) is 4.83. The first-order valence-corrected chi connectivity index (χ1v) is 6.95. The molecular weight excluding hydrogens is 282 g/mol. The van der Waals surface area contributed by atoms with Crippen LogP contribution in [0.3, 0.4) is 0 Å². The zero-order valence-corrected chi connectivity index (χ0v) is 12.2. The summed E-state index contributed by atoms with van der Waals surface area (Å²) < 4.78 is 6.77. The van der Waals surface area contributed by atoms with Crippen LogP contribution < -0.4 is 5.32 Å². The first-order chi connectivity index (χ1) is 10.8. The lowest BCUT2D eigenvalue weighted by Crippen LogP contribution is -2.05. The molecule has 2 aromatic heterocycles. The van der Waals surface area contributed by atoms with Crippen LogP contribution in [-0.2, 0) is 17.8 Å². The molecule has 0 saturated heterocycles. The van der Waals surface area contributed by atoms with E-state index in [1.165, 1.54) is 6.33 Å². The molecule has 3 rings (SSSR count). The number of anilines is 2. The van der Waals surface area contributed by atoms with Gasteiger partial charge in [0.25, 0.3) is 5.78 Å². The molecule has 0 saturated carbocycles. The standard InChI is InChI=1S/C15H17N5O2/c1-22-9-13-8-14(20-15(19-13)16-10-17-20)18-12-4-2-11(3-5-12)6-7-21/h2-5,8,10,18,21H,6-7,9H2,1H3. The molecule has 0 aliphatic rings. The molecule has 0 aliphatic heterocycles. The number of nitrogens with zero attached hydrogens (tertiary/aromatic N) is 4. The normalized spacial score (nSPS) is 11.0. The predicted molar refractivity (Wildman–Crippen MR) is 82.0 cm³/mol. The van der Waals surface area contributed by atoms with Crippen molar-refractivity contribution in [3.05, 3.63) is 47.9 Å². The van der Waals surface area contributed by atoms with Crippen LogP contribution in [-0.4, -0.2) is 38.4 Å². The highest BCUT2D eigenvalue weighted by Crippen LogP contribution is 2.18. The number of aliphatic hydroxyl groups is 1. The smallest absolute Gasteiger partial charge is 0.254 e. The van der Waals surface area contributed by atoms with Crippen LogP contribution in [0.15, 0.2) is 36.7 Å². The molecule has 1 aromatic carbocycles. The van der Waals surface area contributed by atoms with E-state index < -0.39 is 0 Å². The minimum atomic E-state index is 0.150. The summed E-state index contributed by atoms with van der Waals surface area (Å²) in [6.45, 7) is 0.560. The summed E-state index contributed by atoms with van der Waals surface area (Å²) in [6.07, 6.45) is 2.12. The third-order valence-corrected chi connectivity index (χ3v) is 3.22. The summed E-state index contributed by atoms with van der Waals surface area (Å²) in [5.74, 6) is 1.29. The van der Waals surface area contributed by atoms with Crippen LogP contribution in [0, 0.1) is 0 Å². The van der Waals surface area contributed by atoms with E-state index in [0.717, 1.165) is 22.8 Å². The van der Waals surface area contributed by atoms with Gasteiger partial charge in [0.1, 0.15) is 12.1 Å². The topological polar surface area (TPSA) is 84.6 Å². The van der Waals surface area contributed by atoms with Crippen LogP contribution in [0.2, 0.25) is 0 Å². The second kappa shape index (κ2) is 6.50. The Labute approximate surface area is 127 Å². The summed E-state index contributed by atoms with van der Waals surface area (Å²) in [5, 5.41) is 16.4. The molecule has 0 unspecified atom stereocenters. The minimum Gasteiger partial charge on any atom is -0.396 e. The molecule has 7 nitrogen and oxygen atoms in total. The summed E-state index contributed by atoms with van der Waals surface area (Å²) in [7, 11) is 1.63. The lowest BCUT2D eigenvalue weighted by Gasteiger charge is -2.10. The SMILES string of the molecule is COCc1cc(Nc2ccc(CCO)cc2)n2ncnc2n1. The minimum absolute atomic E-state index is 0.150. The number of methoxy groups -OCH3 is 1. The first kappa shape index (κ1) is 14.4. The van der Waals surface area contributed by atoms with Gasteiger partial charge in [0.15, 0.2) is 0 Å². The van der Waals surface area contributed by atoms with Gasteiger partial charge >= 0.3 is 0 Å². The summed E-state index contributed by atoms with van der Waals surface area (Å²) in [5.41, 5.74) is 2.80. The number of benzene rings is 1. The quantitative estimate of drug-likeness (QED) is 0.718. The van der Waals surface area contributed by atoms with E-state index in [9.17, 15) is 0 Å². The maximum absolute atomic E-state index is 8.95. The number of rotatable bonds is 6. The molecule has 7 heteroatoms.